The fourth-order valence-electron chi connectivity index (χ4n) is 1.56. The van der Waals surface area contributed by atoms with E-state index in [2.05, 4.69) is 25.9 Å². The molecule has 4 N–H and O–H groups in total. The number of nitrogen functional groups attached to an aromatic ring is 2. The van der Waals surface area contributed by atoms with Crippen molar-refractivity contribution in [3.63, 3.8) is 0 Å². The maximum Gasteiger partial charge on any atom is 0.222 e. The van der Waals surface area contributed by atoms with Gasteiger partial charge in [-0.2, -0.15) is 10.2 Å². The molecule has 0 unspecified atom stereocenters. The Bertz CT molecular complexity index is 660. The molecule has 0 aliphatic rings. The van der Waals surface area contributed by atoms with Gasteiger partial charge in [-0.25, -0.2) is 4.98 Å². The molecular weight excluding hydrogens is 294 g/mol. The van der Waals surface area contributed by atoms with E-state index in [-0.39, 0.29) is 17.3 Å². The van der Waals surface area contributed by atoms with Crippen LogP contribution in [0.1, 0.15) is 11.1 Å². The average molecular weight is 304 g/mol. The molecule has 0 bridgehead atoms. The van der Waals surface area contributed by atoms with Crippen LogP contribution in [-0.4, -0.2) is 9.97 Å². The van der Waals surface area contributed by atoms with E-state index in [0.717, 1.165) is 15.6 Å². The zero-order valence-corrected chi connectivity index (χ0v) is 11.2. The normalized spacial score (nSPS) is 10.1. The smallest absolute Gasteiger partial charge is 0.222 e. The lowest BCUT2D eigenvalue weighted by Crippen LogP contribution is -2.05. The third-order valence-electron chi connectivity index (χ3n) is 2.51. The Kier molecular flexibility index (Phi) is 3.17. The Hall–Kier alpha value is -2.13. The summed E-state index contributed by atoms with van der Waals surface area (Å²) < 4.78 is 0.930. The molecule has 1 heterocycles. The highest BCUT2D eigenvalue weighted by molar-refractivity contribution is 9.10. The topological polar surface area (TPSA) is 102 Å². The molecule has 0 atom stereocenters. The standard InChI is InChI=1S/C12H10BrN5/c1-6-2-3-7(4-9(6)13)10-8(5-14)11(15)18-12(16)17-10/h2-4H,1H3,(H4,15,16,17,18). The van der Waals surface area contributed by atoms with Gasteiger partial charge in [-0.1, -0.05) is 28.1 Å². The number of nitriles is 1. The van der Waals surface area contributed by atoms with Crippen molar-refractivity contribution < 1.29 is 0 Å². The van der Waals surface area contributed by atoms with Crippen LogP contribution in [0.4, 0.5) is 11.8 Å². The summed E-state index contributed by atoms with van der Waals surface area (Å²) >= 11 is 3.44. The van der Waals surface area contributed by atoms with Gasteiger partial charge in [0.05, 0.1) is 5.69 Å². The first-order chi connectivity index (χ1) is 8.52. The third-order valence-corrected chi connectivity index (χ3v) is 3.37. The summed E-state index contributed by atoms with van der Waals surface area (Å²) in [6.45, 7) is 1.97. The molecule has 0 fully saturated rings. The largest absolute Gasteiger partial charge is 0.382 e. The number of hydrogen-bond donors (Lipinski definition) is 2. The van der Waals surface area contributed by atoms with E-state index >= 15 is 0 Å². The molecular formula is C12H10BrN5. The molecule has 0 saturated heterocycles. The summed E-state index contributed by atoms with van der Waals surface area (Å²) in [5, 5.41) is 9.11. The van der Waals surface area contributed by atoms with Crippen molar-refractivity contribution in [1.82, 2.24) is 9.97 Å². The van der Waals surface area contributed by atoms with E-state index in [0.29, 0.717) is 5.69 Å². The van der Waals surface area contributed by atoms with Crippen LogP contribution in [0.5, 0.6) is 0 Å². The molecule has 0 aliphatic heterocycles. The van der Waals surface area contributed by atoms with Crippen LogP contribution < -0.4 is 11.5 Å². The minimum Gasteiger partial charge on any atom is -0.382 e. The molecule has 0 saturated carbocycles. The lowest BCUT2D eigenvalue weighted by molar-refractivity contribution is 1.18. The van der Waals surface area contributed by atoms with Gasteiger partial charge < -0.3 is 11.5 Å². The third kappa shape index (κ3) is 2.13. The van der Waals surface area contributed by atoms with Crippen molar-refractivity contribution in [2.45, 2.75) is 6.92 Å². The van der Waals surface area contributed by atoms with Crippen LogP contribution in [0.25, 0.3) is 11.3 Å². The Morgan fingerprint density at radius 2 is 2.00 bits per heavy atom. The predicted molar refractivity (Wildman–Crippen MR) is 73.4 cm³/mol. The summed E-state index contributed by atoms with van der Waals surface area (Å²) in [4.78, 5) is 7.87. The fourth-order valence-corrected chi connectivity index (χ4v) is 1.93. The van der Waals surface area contributed by atoms with Crippen molar-refractivity contribution in [3.05, 3.63) is 33.8 Å². The van der Waals surface area contributed by atoms with Crippen molar-refractivity contribution in [2.24, 2.45) is 0 Å². The number of nitrogens with zero attached hydrogens (tertiary/aromatic N) is 3. The minimum atomic E-state index is 0.0539. The van der Waals surface area contributed by atoms with Gasteiger partial charge in [-0.05, 0) is 18.6 Å². The Labute approximate surface area is 113 Å². The average Bonchev–Trinajstić information content (AvgIpc) is 2.32. The lowest BCUT2D eigenvalue weighted by Gasteiger charge is -2.08. The van der Waals surface area contributed by atoms with Crippen LogP contribution in [0.15, 0.2) is 22.7 Å². The van der Waals surface area contributed by atoms with E-state index < -0.39 is 0 Å². The maximum atomic E-state index is 9.11. The number of rotatable bonds is 1. The van der Waals surface area contributed by atoms with E-state index in [1.54, 1.807) is 0 Å². The first-order valence-electron chi connectivity index (χ1n) is 5.12. The van der Waals surface area contributed by atoms with Crippen LogP contribution in [0.3, 0.4) is 0 Å². The zero-order valence-electron chi connectivity index (χ0n) is 9.61. The van der Waals surface area contributed by atoms with Gasteiger partial charge in [0.25, 0.3) is 0 Å². The Balaban J connectivity index is 2.70. The number of aromatic nitrogens is 2. The van der Waals surface area contributed by atoms with Crippen LogP contribution in [0.2, 0.25) is 0 Å². The number of aryl methyl sites for hydroxylation is 1. The molecule has 2 aromatic rings. The van der Waals surface area contributed by atoms with Gasteiger partial charge in [0, 0.05) is 10.0 Å². The molecule has 5 nitrogen and oxygen atoms in total. The Morgan fingerprint density at radius 1 is 1.28 bits per heavy atom. The van der Waals surface area contributed by atoms with Gasteiger partial charge in [-0.3, -0.25) is 0 Å². The Morgan fingerprint density at radius 3 is 2.61 bits per heavy atom. The quantitative estimate of drug-likeness (QED) is 0.841. The monoisotopic (exact) mass is 303 g/mol. The number of benzene rings is 1. The number of hydrogen-bond acceptors (Lipinski definition) is 5. The highest BCUT2D eigenvalue weighted by Crippen LogP contribution is 2.28. The van der Waals surface area contributed by atoms with Gasteiger partial charge in [0.1, 0.15) is 17.5 Å². The van der Waals surface area contributed by atoms with Crippen molar-refractivity contribution in [2.75, 3.05) is 11.5 Å². The first kappa shape index (κ1) is 12.3. The molecule has 1 aromatic carbocycles. The van der Waals surface area contributed by atoms with Crippen molar-refractivity contribution in [1.29, 1.82) is 5.26 Å². The SMILES string of the molecule is Cc1ccc(-c2nc(N)nc(N)c2C#N)cc1Br. The van der Waals surface area contributed by atoms with E-state index in [1.807, 2.05) is 31.2 Å². The highest BCUT2D eigenvalue weighted by atomic mass is 79.9. The second kappa shape index (κ2) is 4.63. The highest BCUT2D eigenvalue weighted by Gasteiger charge is 2.13. The summed E-state index contributed by atoms with van der Waals surface area (Å²) in [6.07, 6.45) is 0. The summed E-state index contributed by atoms with van der Waals surface area (Å²) in [5.41, 5.74) is 13.8. The van der Waals surface area contributed by atoms with Crippen LogP contribution in [0, 0.1) is 18.3 Å². The number of anilines is 2. The second-order valence-electron chi connectivity index (χ2n) is 3.77. The van der Waals surface area contributed by atoms with E-state index in [1.165, 1.54) is 0 Å². The molecule has 6 heteroatoms. The van der Waals surface area contributed by atoms with Crippen molar-refractivity contribution >= 4 is 27.7 Å². The van der Waals surface area contributed by atoms with Gasteiger partial charge in [0.15, 0.2) is 0 Å². The zero-order chi connectivity index (χ0) is 13.3. The minimum absolute atomic E-state index is 0.0539. The second-order valence-corrected chi connectivity index (χ2v) is 4.62. The summed E-state index contributed by atoms with van der Waals surface area (Å²) in [6, 6.07) is 7.66. The molecule has 0 radical (unpaired) electrons. The lowest BCUT2D eigenvalue weighted by atomic mass is 10.1. The molecule has 90 valence electrons. The van der Waals surface area contributed by atoms with Gasteiger partial charge >= 0.3 is 0 Å². The van der Waals surface area contributed by atoms with E-state index in [4.69, 9.17) is 16.7 Å². The summed E-state index contributed by atoms with van der Waals surface area (Å²) in [7, 11) is 0. The van der Waals surface area contributed by atoms with Crippen molar-refractivity contribution in [3.8, 4) is 17.3 Å². The summed E-state index contributed by atoms with van der Waals surface area (Å²) in [5.74, 6) is 0.148. The molecule has 1 aromatic heterocycles. The molecule has 0 spiro atoms. The first-order valence-corrected chi connectivity index (χ1v) is 5.92. The van der Waals surface area contributed by atoms with Crippen LogP contribution >= 0.6 is 15.9 Å². The molecule has 18 heavy (non-hydrogen) atoms. The molecule has 2 rings (SSSR count). The van der Waals surface area contributed by atoms with E-state index in [9.17, 15) is 0 Å². The predicted octanol–water partition coefficient (Wildman–Crippen LogP) is 2.25. The maximum absolute atomic E-state index is 9.11. The van der Waals surface area contributed by atoms with Gasteiger partial charge in [0.2, 0.25) is 5.95 Å². The molecule has 0 aliphatic carbocycles. The number of halogens is 1. The van der Waals surface area contributed by atoms with Crippen LogP contribution in [-0.2, 0) is 0 Å². The fraction of sp³-hybridized carbons (Fsp3) is 0.0833. The van der Waals surface area contributed by atoms with Gasteiger partial charge in [-0.15, -0.1) is 0 Å². The molecule has 0 amide bonds. The number of nitrogens with two attached hydrogens (primary N) is 2.